The van der Waals surface area contributed by atoms with Crippen molar-refractivity contribution in [2.24, 2.45) is 0 Å². The standard InChI is InChI=1S/C12H27NO/c1-3-5-7-9-13-10-8-12-14-11-6-4-2/h13H,3-12H2,1-2H3. The molecule has 2 heteroatoms. The molecule has 86 valence electrons. The third-order valence-corrected chi connectivity index (χ3v) is 2.24. The highest BCUT2D eigenvalue weighted by molar-refractivity contribution is 4.48. The van der Waals surface area contributed by atoms with Crippen LogP contribution >= 0.6 is 0 Å². The molecule has 0 radical (unpaired) electrons. The molecule has 0 aliphatic heterocycles. The molecule has 1 N–H and O–H groups in total. The molecule has 14 heavy (non-hydrogen) atoms. The Bertz CT molecular complexity index is 84.3. The third kappa shape index (κ3) is 11.9. The molecule has 0 unspecified atom stereocenters. The van der Waals surface area contributed by atoms with E-state index in [4.69, 9.17) is 4.74 Å². The average Bonchev–Trinajstić information content (AvgIpc) is 2.21. The monoisotopic (exact) mass is 201 g/mol. The molecule has 0 aromatic heterocycles. The minimum atomic E-state index is 0.917. The molecule has 0 aliphatic rings. The smallest absolute Gasteiger partial charge is 0.0478 e. The predicted molar refractivity (Wildman–Crippen MR) is 62.7 cm³/mol. The van der Waals surface area contributed by atoms with E-state index in [2.05, 4.69) is 19.2 Å². The molecule has 0 aromatic rings. The molecule has 0 aliphatic carbocycles. The highest BCUT2D eigenvalue weighted by Crippen LogP contribution is 1.92. The number of hydrogen-bond donors (Lipinski definition) is 1. The van der Waals surface area contributed by atoms with Gasteiger partial charge < -0.3 is 10.1 Å². The third-order valence-electron chi connectivity index (χ3n) is 2.24. The van der Waals surface area contributed by atoms with Crippen molar-refractivity contribution in [3.8, 4) is 0 Å². The number of hydrogen-bond acceptors (Lipinski definition) is 2. The summed E-state index contributed by atoms with van der Waals surface area (Å²) in [5.74, 6) is 0. The van der Waals surface area contributed by atoms with E-state index in [1.54, 1.807) is 0 Å². The molecule has 0 atom stereocenters. The van der Waals surface area contributed by atoms with Gasteiger partial charge in [-0.2, -0.15) is 0 Å². The van der Waals surface area contributed by atoms with Gasteiger partial charge >= 0.3 is 0 Å². The highest BCUT2D eigenvalue weighted by Gasteiger charge is 1.89. The maximum atomic E-state index is 5.46. The van der Waals surface area contributed by atoms with E-state index in [-0.39, 0.29) is 0 Å². The van der Waals surface area contributed by atoms with E-state index in [1.165, 1.54) is 38.6 Å². The van der Waals surface area contributed by atoms with Crippen LogP contribution in [-0.4, -0.2) is 26.3 Å². The molecule has 2 nitrogen and oxygen atoms in total. The van der Waals surface area contributed by atoms with Crippen molar-refractivity contribution in [2.45, 2.75) is 52.4 Å². The Morgan fingerprint density at radius 3 is 2.14 bits per heavy atom. The molecule has 0 fully saturated rings. The average molecular weight is 201 g/mol. The molecule has 0 rings (SSSR count). The Labute approximate surface area is 89.4 Å². The quantitative estimate of drug-likeness (QED) is 0.519. The largest absolute Gasteiger partial charge is 0.381 e. The summed E-state index contributed by atoms with van der Waals surface area (Å²) in [6, 6.07) is 0. The Morgan fingerprint density at radius 1 is 0.786 bits per heavy atom. The van der Waals surface area contributed by atoms with Crippen LogP contribution in [0.2, 0.25) is 0 Å². The van der Waals surface area contributed by atoms with E-state index >= 15 is 0 Å². The SMILES string of the molecule is CCCCCNCCCOCCCC. The van der Waals surface area contributed by atoms with E-state index in [0.29, 0.717) is 0 Å². The Morgan fingerprint density at radius 2 is 1.43 bits per heavy atom. The van der Waals surface area contributed by atoms with Gasteiger partial charge in [0.05, 0.1) is 0 Å². The molecule has 0 aromatic carbocycles. The van der Waals surface area contributed by atoms with Gasteiger partial charge in [-0.15, -0.1) is 0 Å². The second kappa shape index (κ2) is 12.9. The van der Waals surface area contributed by atoms with Gasteiger partial charge in [0.25, 0.3) is 0 Å². The van der Waals surface area contributed by atoms with Crippen molar-refractivity contribution in [1.82, 2.24) is 5.32 Å². The molecular weight excluding hydrogens is 174 g/mol. The van der Waals surface area contributed by atoms with Crippen LogP contribution in [0.1, 0.15) is 52.4 Å². The molecule has 0 saturated heterocycles. The summed E-state index contributed by atoms with van der Waals surface area (Å²) < 4.78 is 5.46. The predicted octanol–water partition coefficient (Wildman–Crippen LogP) is 2.97. The van der Waals surface area contributed by atoms with Gasteiger partial charge in [-0.1, -0.05) is 33.1 Å². The zero-order chi connectivity index (χ0) is 10.5. The fourth-order valence-electron chi connectivity index (χ4n) is 1.27. The zero-order valence-corrected chi connectivity index (χ0v) is 9.98. The van der Waals surface area contributed by atoms with Gasteiger partial charge in [-0.05, 0) is 32.4 Å². The first kappa shape index (κ1) is 13.9. The first-order valence-corrected chi connectivity index (χ1v) is 6.20. The van der Waals surface area contributed by atoms with Crippen molar-refractivity contribution >= 4 is 0 Å². The molecule has 0 heterocycles. The maximum Gasteiger partial charge on any atom is 0.0478 e. The zero-order valence-electron chi connectivity index (χ0n) is 9.98. The van der Waals surface area contributed by atoms with E-state index < -0.39 is 0 Å². The summed E-state index contributed by atoms with van der Waals surface area (Å²) >= 11 is 0. The minimum Gasteiger partial charge on any atom is -0.381 e. The molecule has 0 spiro atoms. The highest BCUT2D eigenvalue weighted by atomic mass is 16.5. The Kier molecular flexibility index (Phi) is 12.8. The lowest BCUT2D eigenvalue weighted by molar-refractivity contribution is 0.129. The Hall–Kier alpha value is -0.0800. The lowest BCUT2D eigenvalue weighted by Crippen LogP contribution is -2.18. The van der Waals surface area contributed by atoms with Crippen LogP contribution in [0.3, 0.4) is 0 Å². The van der Waals surface area contributed by atoms with Gasteiger partial charge in [0.2, 0.25) is 0 Å². The van der Waals surface area contributed by atoms with Gasteiger partial charge in [0.15, 0.2) is 0 Å². The van der Waals surface area contributed by atoms with Crippen LogP contribution in [0.5, 0.6) is 0 Å². The summed E-state index contributed by atoms with van der Waals surface area (Å²) in [6.07, 6.45) is 7.55. The summed E-state index contributed by atoms with van der Waals surface area (Å²) in [5.41, 5.74) is 0. The first-order valence-electron chi connectivity index (χ1n) is 6.20. The van der Waals surface area contributed by atoms with Crippen LogP contribution in [0, 0.1) is 0 Å². The second-order valence-corrected chi connectivity index (χ2v) is 3.78. The van der Waals surface area contributed by atoms with Crippen LogP contribution in [0.4, 0.5) is 0 Å². The van der Waals surface area contributed by atoms with Gasteiger partial charge in [0, 0.05) is 13.2 Å². The topological polar surface area (TPSA) is 21.3 Å². The summed E-state index contributed by atoms with van der Waals surface area (Å²) in [5, 5.41) is 3.43. The van der Waals surface area contributed by atoms with Crippen LogP contribution in [0.25, 0.3) is 0 Å². The molecule has 0 bridgehead atoms. The van der Waals surface area contributed by atoms with Crippen LogP contribution in [0.15, 0.2) is 0 Å². The number of nitrogens with one attached hydrogen (secondary N) is 1. The van der Waals surface area contributed by atoms with Crippen molar-refractivity contribution in [2.75, 3.05) is 26.3 Å². The maximum absolute atomic E-state index is 5.46. The number of unbranched alkanes of at least 4 members (excludes halogenated alkanes) is 3. The first-order chi connectivity index (χ1) is 6.91. The van der Waals surface area contributed by atoms with Crippen molar-refractivity contribution < 1.29 is 4.74 Å². The van der Waals surface area contributed by atoms with Crippen LogP contribution in [-0.2, 0) is 4.74 Å². The second-order valence-electron chi connectivity index (χ2n) is 3.78. The summed E-state index contributed by atoms with van der Waals surface area (Å²) in [6.45, 7) is 8.56. The number of ether oxygens (including phenoxy) is 1. The fraction of sp³-hybridized carbons (Fsp3) is 1.00. The van der Waals surface area contributed by atoms with Crippen LogP contribution < -0.4 is 5.32 Å². The van der Waals surface area contributed by atoms with E-state index in [1.807, 2.05) is 0 Å². The normalized spacial score (nSPS) is 10.7. The Balaban J connectivity index is 2.78. The fourth-order valence-corrected chi connectivity index (χ4v) is 1.27. The summed E-state index contributed by atoms with van der Waals surface area (Å²) in [7, 11) is 0. The molecule has 0 saturated carbocycles. The van der Waals surface area contributed by atoms with Gasteiger partial charge in [-0.25, -0.2) is 0 Å². The lowest BCUT2D eigenvalue weighted by atomic mass is 10.2. The van der Waals surface area contributed by atoms with Gasteiger partial charge in [-0.3, -0.25) is 0 Å². The van der Waals surface area contributed by atoms with E-state index in [9.17, 15) is 0 Å². The molecular formula is C12H27NO. The lowest BCUT2D eigenvalue weighted by Gasteiger charge is -2.05. The van der Waals surface area contributed by atoms with Crippen molar-refractivity contribution in [3.63, 3.8) is 0 Å². The van der Waals surface area contributed by atoms with E-state index in [0.717, 1.165) is 26.2 Å². The van der Waals surface area contributed by atoms with Crippen molar-refractivity contribution in [1.29, 1.82) is 0 Å². The summed E-state index contributed by atoms with van der Waals surface area (Å²) in [4.78, 5) is 0. The van der Waals surface area contributed by atoms with Gasteiger partial charge in [0.1, 0.15) is 0 Å². The minimum absolute atomic E-state index is 0.917. The number of rotatable bonds is 11. The molecule has 0 amide bonds. The van der Waals surface area contributed by atoms with Crippen molar-refractivity contribution in [3.05, 3.63) is 0 Å².